The molecule has 2 rings (SSSR count). The van der Waals surface area contributed by atoms with Gasteiger partial charge in [0.05, 0.1) is 20.3 Å². The van der Waals surface area contributed by atoms with Crippen LogP contribution >= 0.6 is 0 Å². The summed E-state index contributed by atoms with van der Waals surface area (Å²) in [5.74, 6) is 2.14. The fraction of sp³-hybridized carbons (Fsp3) is 0.167. The van der Waals surface area contributed by atoms with Gasteiger partial charge in [0.15, 0.2) is 0 Å². The molecule has 0 aliphatic rings. The molecule has 0 atom stereocenters. The van der Waals surface area contributed by atoms with E-state index in [1.54, 1.807) is 37.4 Å². The van der Waals surface area contributed by atoms with E-state index in [9.17, 15) is 0 Å². The van der Waals surface area contributed by atoms with Crippen LogP contribution in [-0.2, 0) is 0 Å². The molecule has 0 saturated carbocycles. The monoisotopic (exact) mass is 247 g/mol. The zero-order chi connectivity index (χ0) is 13.0. The Morgan fingerprint density at radius 2 is 1.50 bits per heavy atom. The van der Waals surface area contributed by atoms with Gasteiger partial charge in [-0.3, -0.25) is 0 Å². The Labute approximate surface area is 104 Å². The molecule has 1 aromatic heterocycles. The Morgan fingerprint density at radius 3 is 2.11 bits per heavy atom. The molecule has 94 valence electrons. The highest BCUT2D eigenvalue weighted by molar-refractivity contribution is 5.36. The number of hydrogen-bond donors (Lipinski definition) is 1. The Bertz CT molecular complexity index is 529. The standard InChI is InChI=1S/C12H13N3O3/c1-16-8-3-5-9(6-4-8)18-11-7-10(17-2)14-12(13)15-11/h3-7H,1-2H3,(H2,13,14,15). The number of methoxy groups -OCH3 is 2. The lowest BCUT2D eigenvalue weighted by molar-refractivity contribution is 0.388. The normalized spacial score (nSPS) is 9.89. The maximum Gasteiger partial charge on any atom is 0.227 e. The smallest absolute Gasteiger partial charge is 0.227 e. The second-order valence-electron chi connectivity index (χ2n) is 3.38. The summed E-state index contributed by atoms with van der Waals surface area (Å²) in [7, 11) is 3.10. The summed E-state index contributed by atoms with van der Waals surface area (Å²) >= 11 is 0. The van der Waals surface area contributed by atoms with Crippen LogP contribution in [0.1, 0.15) is 0 Å². The van der Waals surface area contributed by atoms with Crippen LogP contribution < -0.4 is 19.9 Å². The van der Waals surface area contributed by atoms with Crippen LogP contribution in [0.2, 0.25) is 0 Å². The van der Waals surface area contributed by atoms with Gasteiger partial charge in [-0.1, -0.05) is 0 Å². The van der Waals surface area contributed by atoms with Crippen molar-refractivity contribution in [2.24, 2.45) is 0 Å². The third-order valence-electron chi connectivity index (χ3n) is 2.19. The zero-order valence-corrected chi connectivity index (χ0v) is 10.1. The van der Waals surface area contributed by atoms with Gasteiger partial charge in [-0.15, -0.1) is 0 Å². The Morgan fingerprint density at radius 1 is 0.889 bits per heavy atom. The van der Waals surface area contributed by atoms with Crippen molar-refractivity contribution >= 4 is 5.95 Å². The van der Waals surface area contributed by atoms with Gasteiger partial charge in [-0.25, -0.2) is 0 Å². The van der Waals surface area contributed by atoms with Crippen molar-refractivity contribution in [3.63, 3.8) is 0 Å². The van der Waals surface area contributed by atoms with Crippen molar-refractivity contribution in [3.05, 3.63) is 30.3 Å². The van der Waals surface area contributed by atoms with Gasteiger partial charge in [0.1, 0.15) is 11.5 Å². The number of anilines is 1. The summed E-state index contributed by atoms with van der Waals surface area (Å²) in [4.78, 5) is 7.82. The molecule has 0 radical (unpaired) electrons. The third-order valence-corrected chi connectivity index (χ3v) is 2.19. The van der Waals surface area contributed by atoms with Gasteiger partial charge in [0.25, 0.3) is 0 Å². The quantitative estimate of drug-likeness (QED) is 0.888. The topological polar surface area (TPSA) is 79.5 Å². The van der Waals surface area contributed by atoms with Crippen molar-refractivity contribution in [3.8, 4) is 23.3 Å². The average Bonchev–Trinajstić information content (AvgIpc) is 2.39. The van der Waals surface area contributed by atoms with Gasteiger partial charge >= 0.3 is 0 Å². The van der Waals surface area contributed by atoms with Gasteiger partial charge in [-0.2, -0.15) is 9.97 Å². The first kappa shape index (κ1) is 12.0. The Balaban J connectivity index is 2.19. The van der Waals surface area contributed by atoms with E-state index in [2.05, 4.69) is 9.97 Å². The van der Waals surface area contributed by atoms with Gasteiger partial charge in [0.2, 0.25) is 17.7 Å². The molecule has 18 heavy (non-hydrogen) atoms. The molecule has 1 aromatic carbocycles. The number of aromatic nitrogens is 2. The number of nitrogen functional groups attached to an aromatic ring is 1. The van der Waals surface area contributed by atoms with Crippen molar-refractivity contribution in [1.82, 2.24) is 9.97 Å². The number of benzene rings is 1. The lowest BCUT2D eigenvalue weighted by Crippen LogP contribution is -1.99. The summed E-state index contributed by atoms with van der Waals surface area (Å²) in [5, 5.41) is 0. The first-order valence-electron chi connectivity index (χ1n) is 5.21. The van der Waals surface area contributed by atoms with Gasteiger partial charge in [0, 0.05) is 0 Å². The lowest BCUT2D eigenvalue weighted by atomic mass is 10.3. The second-order valence-corrected chi connectivity index (χ2v) is 3.38. The molecule has 0 aliphatic carbocycles. The molecule has 6 heteroatoms. The molecular weight excluding hydrogens is 234 g/mol. The third kappa shape index (κ3) is 2.79. The van der Waals surface area contributed by atoms with Crippen LogP contribution in [0.5, 0.6) is 23.3 Å². The van der Waals surface area contributed by atoms with Gasteiger partial charge < -0.3 is 19.9 Å². The molecule has 0 unspecified atom stereocenters. The molecule has 1 heterocycles. The van der Waals surface area contributed by atoms with Crippen molar-refractivity contribution in [1.29, 1.82) is 0 Å². The maximum atomic E-state index is 5.53. The minimum atomic E-state index is 0.0952. The molecule has 0 aliphatic heterocycles. The number of nitrogens with zero attached hydrogens (tertiary/aromatic N) is 2. The van der Waals surface area contributed by atoms with Crippen molar-refractivity contribution in [2.45, 2.75) is 0 Å². The number of rotatable bonds is 4. The van der Waals surface area contributed by atoms with Crippen molar-refractivity contribution in [2.75, 3.05) is 20.0 Å². The van der Waals surface area contributed by atoms with Crippen LogP contribution in [-0.4, -0.2) is 24.2 Å². The van der Waals surface area contributed by atoms with E-state index in [4.69, 9.17) is 19.9 Å². The lowest BCUT2D eigenvalue weighted by Gasteiger charge is -2.07. The highest BCUT2D eigenvalue weighted by Crippen LogP contribution is 2.24. The average molecular weight is 247 g/mol. The molecule has 0 bridgehead atoms. The fourth-order valence-corrected chi connectivity index (χ4v) is 1.34. The highest BCUT2D eigenvalue weighted by atomic mass is 16.5. The maximum absolute atomic E-state index is 5.53. The summed E-state index contributed by atoms with van der Waals surface area (Å²) in [6, 6.07) is 8.67. The first-order chi connectivity index (χ1) is 8.71. The Kier molecular flexibility index (Phi) is 3.47. The van der Waals surface area contributed by atoms with E-state index in [1.807, 2.05) is 0 Å². The number of ether oxygens (including phenoxy) is 3. The molecule has 2 N–H and O–H groups in total. The minimum absolute atomic E-state index is 0.0952. The van der Waals surface area contributed by atoms with Crippen LogP contribution in [0, 0.1) is 0 Å². The summed E-state index contributed by atoms with van der Waals surface area (Å²) < 4.78 is 15.6. The highest BCUT2D eigenvalue weighted by Gasteiger charge is 2.05. The summed E-state index contributed by atoms with van der Waals surface area (Å²) in [6.45, 7) is 0. The van der Waals surface area contributed by atoms with E-state index in [0.717, 1.165) is 5.75 Å². The van der Waals surface area contributed by atoms with Gasteiger partial charge in [-0.05, 0) is 24.3 Å². The van der Waals surface area contributed by atoms with E-state index < -0.39 is 0 Å². The molecule has 2 aromatic rings. The molecular formula is C12H13N3O3. The zero-order valence-electron chi connectivity index (χ0n) is 10.1. The molecule has 0 spiro atoms. The predicted molar refractivity (Wildman–Crippen MR) is 66.1 cm³/mol. The summed E-state index contributed by atoms with van der Waals surface area (Å²) in [5.41, 5.74) is 5.53. The van der Waals surface area contributed by atoms with E-state index in [-0.39, 0.29) is 5.95 Å². The molecule has 0 amide bonds. The first-order valence-corrected chi connectivity index (χ1v) is 5.21. The minimum Gasteiger partial charge on any atom is -0.497 e. The van der Waals surface area contributed by atoms with Crippen LogP contribution in [0.25, 0.3) is 0 Å². The molecule has 0 saturated heterocycles. The van der Waals surface area contributed by atoms with Crippen LogP contribution in [0.3, 0.4) is 0 Å². The van der Waals surface area contributed by atoms with Crippen LogP contribution in [0.15, 0.2) is 30.3 Å². The van der Waals surface area contributed by atoms with E-state index >= 15 is 0 Å². The fourth-order valence-electron chi connectivity index (χ4n) is 1.34. The van der Waals surface area contributed by atoms with Crippen molar-refractivity contribution < 1.29 is 14.2 Å². The molecule has 0 fully saturated rings. The summed E-state index contributed by atoms with van der Waals surface area (Å²) in [6.07, 6.45) is 0. The van der Waals surface area contributed by atoms with E-state index in [1.165, 1.54) is 7.11 Å². The SMILES string of the molecule is COc1ccc(Oc2cc(OC)nc(N)n2)cc1. The number of hydrogen-bond acceptors (Lipinski definition) is 6. The predicted octanol–water partition coefficient (Wildman–Crippen LogP) is 1.87. The Hall–Kier alpha value is -2.50. The second kappa shape index (κ2) is 5.22. The number of nitrogens with two attached hydrogens (primary N) is 1. The van der Waals surface area contributed by atoms with E-state index in [0.29, 0.717) is 17.5 Å². The molecule has 6 nitrogen and oxygen atoms in total. The van der Waals surface area contributed by atoms with Crippen LogP contribution in [0.4, 0.5) is 5.95 Å². The largest absolute Gasteiger partial charge is 0.497 e.